The Bertz CT molecular complexity index is 628. The molecular formula is C21H33N3. The molecule has 1 aromatic heterocycles. The summed E-state index contributed by atoms with van der Waals surface area (Å²) in [6, 6.07) is 11.1. The van der Waals surface area contributed by atoms with Crippen molar-refractivity contribution >= 4 is 10.9 Å². The Morgan fingerprint density at radius 1 is 1.12 bits per heavy atom. The van der Waals surface area contributed by atoms with Gasteiger partial charge < -0.3 is 4.98 Å². The van der Waals surface area contributed by atoms with Gasteiger partial charge in [-0.2, -0.15) is 5.26 Å². The van der Waals surface area contributed by atoms with Crippen LogP contribution in [0.3, 0.4) is 0 Å². The molecule has 2 aromatic rings. The number of nitrogens with zero attached hydrogens (tertiary/aromatic N) is 2. The Labute approximate surface area is 147 Å². The minimum atomic E-state index is 0.231. The molecule has 1 fully saturated rings. The van der Waals surface area contributed by atoms with Crippen molar-refractivity contribution in [1.82, 2.24) is 9.88 Å². The second kappa shape index (κ2) is 10.2. The molecule has 0 saturated carbocycles. The third kappa shape index (κ3) is 5.39. The summed E-state index contributed by atoms with van der Waals surface area (Å²) in [6.07, 6.45) is 4.94. The molecule has 2 heterocycles. The first kappa shape index (κ1) is 20.3. The molecule has 3 nitrogen and oxygen atoms in total. The Balaban J connectivity index is 0.000000671. The van der Waals surface area contributed by atoms with Gasteiger partial charge in [0.2, 0.25) is 0 Å². The molecular weight excluding hydrogens is 294 g/mol. The van der Waals surface area contributed by atoms with E-state index >= 15 is 0 Å². The molecule has 1 aromatic carbocycles. The summed E-state index contributed by atoms with van der Waals surface area (Å²) in [5.41, 5.74) is 2.81. The smallest absolute Gasteiger partial charge is 0.0627 e. The molecule has 132 valence electrons. The Kier molecular flexibility index (Phi) is 8.57. The number of aromatic amines is 1. The van der Waals surface area contributed by atoms with Crippen LogP contribution in [0, 0.1) is 16.7 Å². The molecule has 0 amide bonds. The van der Waals surface area contributed by atoms with Gasteiger partial charge in [-0.15, -0.1) is 0 Å². The molecule has 1 N–H and O–H groups in total. The Hall–Kier alpha value is -1.79. The first-order valence-corrected chi connectivity index (χ1v) is 9.34. The van der Waals surface area contributed by atoms with Gasteiger partial charge >= 0.3 is 0 Å². The van der Waals surface area contributed by atoms with Crippen LogP contribution in [0.4, 0.5) is 0 Å². The minimum Gasteiger partial charge on any atom is -0.361 e. The van der Waals surface area contributed by atoms with E-state index in [2.05, 4.69) is 47.1 Å². The molecule has 1 aliphatic heterocycles. The van der Waals surface area contributed by atoms with Crippen molar-refractivity contribution in [3.63, 3.8) is 0 Å². The first-order valence-electron chi connectivity index (χ1n) is 9.34. The number of H-pyrrole nitrogens is 1. The molecule has 0 spiro atoms. The highest BCUT2D eigenvalue weighted by Gasteiger charge is 2.29. The second-order valence-electron chi connectivity index (χ2n) is 6.32. The standard InChI is InChI=1S/C17H21N3.2C2H6/c1-17(5-8-18)6-10-20(11-7-17)13-14-2-3-15-4-9-19-16(15)12-14;2*1-2/h2-4,9,12,19H,5-7,10-11,13H2,1H3;2*1-2H3. The van der Waals surface area contributed by atoms with Gasteiger partial charge in [0.1, 0.15) is 0 Å². The van der Waals surface area contributed by atoms with Crippen molar-refractivity contribution in [3.05, 3.63) is 36.0 Å². The highest BCUT2D eigenvalue weighted by Crippen LogP contribution is 2.34. The van der Waals surface area contributed by atoms with Gasteiger partial charge in [0.15, 0.2) is 0 Å². The summed E-state index contributed by atoms with van der Waals surface area (Å²) in [5.74, 6) is 0. The summed E-state index contributed by atoms with van der Waals surface area (Å²) >= 11 is 0. The molecule has 0 unspecified atom stereocenters. The van der Waals surface area contributed by atoms with Gasteiger partial charge in [0.05, 0.1) is 6.07 Å². The topological polar surface area (TPSA) is 42.8 Å². The van der Waals surface area contributed by atoms with E-state index in [9.17, 15) is 0 Å². The van der Waals surface area contributed by atoms with E-state index in [-0.39, 0.29) is 5.41 Å². The number of hydrogen-bond donors (Lipinski definition) is 1. The van der Waals surface area contributed by atoms with Crippen LogP contribution in [-0.2, 0) is 6.54 Å². The summed E-state index contributed by atoms with van der Waals surface area (Å²) in [4.78, 5) is 5.78. The number of fused-ring (bicyclic) bond motifs is 1. The summed E-state index contributed by atoms with van der Waals surface area (Å²) in [7, 11) is 0. The van der Waals surface area contributed by atoms with Gasteiger partial charge in [-0.3, -0.25) is 4.90 Å². The number of nitriles is 1. The lowest BCUT2D eigenvalue weighted by atomic mass is 9.78. The monoisotopic (exact) mass is 327 g/mol. The van der Waals surface area contributed by atoms with Crippen LogP contribution in [0.25, 0.3) is 10.9 Å². The number of nitrogens with one attached hydrogen (secondary N) is 1. The van der Waals surface area contributed by atoms with E-state index in [1.807, 2.05) is 33.9 Å². The fourth-order valence-corrected chi connectivity index (χ4v) is 3.07. The van der Waals surface area contributed by atoms with E-state index < -0.39 is 0 Å². The van der Waals surface area contributed by atoms with Crippen LogP contribution < -0.4 is 0 Å². The SMILES string of the molecule is CC.CC.CC1(CC#N)CCN(Cc2ccc3cc[nH]c3c2)CC1. The number of hydrogen-bond acceptors (Lipinski definition) is 2. The Morgan fingerprint density at radius 2 is 1.79 bits per heavy atom. The fourth-order valence-electron chi connectivity index (χ4n) is 3.07. The lowest BCUT2D eigenvalue weighted by molar-refractivity contribution is 0.116. The van der Waals surface area contributed by atoms with Gasteiger partial charge in [-0.1, -0.05) is 46.8 Å². The average Bonchev–Trinajstić information content (AvgIpc) is 3.09. The maximum absolute atomic E-state index is 8.90. The predicted octanol–water partition coefficient (Wildman–Crippen LogP) is 5.74. The number of rotatable bonds is 3. The highest BCUT2D eigenvalue weighted by atomic mass is 15.1. The molecule has 3 rings (SSSR count). The predicted molar refractivity (Wildman–Crippen MR) is 104 cm³/mol. The van der Waals surface area contributed by atoms with Crippen LogP contribution in [0.5, 0.6) is 0 Å². The van der Waals surface area contributed by atoms with Gasteiger partial charge in [0, 0.05) is 24.7 Å². The van der Waals surface area contributed by atoms with Crippen molar-refractivity contribution in [1.29, 1.82) is 5.26 Å². The van der Waals surface area contributed by atoms with Crippen LogP contribution >= 0.6 is 0 Å². The quantitative estimate of drug-likeness (QED) is 0.781. The van der Waals surface area contributed by atoms with E-state index in [0.29, 0.717) is 6.42 Å². The van der Waals surface area contributed by atoms with Gasteiger partial charge in [-0.25, -0.2) is 0 Å². The molecule has 0 bridgehead atoms. The molecule has 24 heavy (non-hydrogen) atoms. The summed E-state index contributed by atoms with van der Waals surface area (Å²) in [5, 5.41) is 10.2. The molecule has 3 heteroatoms. The molecule has 1 aliphatic rings. The van der Waals surface area contributed by atoms with Gasteiger partial charge in [0.25, 0.3) is 0 Å². The van der Waals surface area contributed by atoms with Crippen molar-refractivity contribution in [2.75, 3.05) is 13.1 Å². The zero-order valence-electron chi connectivity index (χ0n) is 16.0. The number of piperidine rings is 1. The maximum atomic E-state index is 8.90. The average molecular weight is 328 g/mol. The van der Waals surface area contributed by atoms with Crippen molar-refractivity contribution in [3.8, 4) is 6.07 Å². The maximum Gasteiger partial charge on any atom is 0.0627 e. The van der Waals surface area contributed by atoms with Crippen molar-refractivity contribution in [2.24, 2.45) is 5.41 Å². The Morgan fingerprint density at radius 3 is 2.42 bits per heavy atom. The number of likely N-dealkylation sites (tertiary alicyclic amines) is 1. The van der Waals surface area contributed by atoms with Crippen LogP contribution in [0.1, 0.15) is 59.4 Å². The third-order valence-electron chi connectivity index (χ3n) is 4.59. The summed E-state index contributed by atoms with van der Waals surface area (Å²) in [6.45, 7) is 13.5. The third-order valence-corrected chi connectivity index (χ3v) is 4.59. The van der Waals surface area contributed by atoms with E-state index in [4.69, 9.17) is 5.26 Å². The first-order chi connectivity index (χ1) is 11.7. The van der Waals surface area contributed by atoms with E-state index in [1.54, 1.807) is 0 Å². The zero-order chi connectivity index (χ0) is 18.0. The van der Waals surface area contributed by atoms with Crippen LogP contribution in [0.15, 0.2) is 30.5 Å². The van der Waals surface area contributed by atoms with E-state index in [0.717, 1.165) is 32.5 Å². The minimum absolute atomic E-state index is 0.231. The van der Waals surface area contributed by atoms with Crippen LogP contribution in [-0.4, -0.2) is 23.0 Å². The molecule has 0 aliphatic carbocycles. The lowest BCUT2D eigenvalue weighted by Gasteiger charge is -2.38. The van der Waals surface area contributed by atoms with Gasteiger partial charge in [-0.05, 0) is 54.4 Å². The zero-order valence-corrected chi connectivity index (χ0v) is 16.0. The number of benzene rings is 1. The molecule has 1 saturated heterocycles. The highest BCUT2D eigenvalue weighted by molar-refractivity contribution is 5.79. The largest absolute Gasteiger partial charge is 0.361 e. The lowest BCUT2D eigenvalue weighted by Crippen LogP contribution is -2.38. The number of aromatic nitrogens is 1. The summed E-state index contributed by atoms with van der Waals surface area (Å²) < 4.78 is 0. The fraction of sp³-hybridized carbons (Fsp3) is 0.571. The normalized spacial score (nSPS) is 16.3. The second-order valence-corrected chi connectivity index (χ2v) is 6.32. The van der Waals surface area contributed by atoms with Crippen molar-refractivity contribution < 1.29 is 0 Å². The molecule has 0 atom stereocenters. The van der Waals surface area contributed by atoms with Crippen molar-refractivity contribution in [2.45, 2.75) is 60.4 Å². The van der Waals surface area contributed by atoms with Crippen LogP contribution in [0.2, 0.25) is 0 Å². The van der Waals surface area contributed by atoms with E-state index in [1.165, 1.54) is 16.5 Å². The molecule has 0 radical (unpaired) electrons.